The largest absolute Gasteiger partial charge is 0.459 e. The first kappa shape index (κ1) is 19.4. The molecule has 2 heterocycles. The zero-order chi connectivity index (χ0) is 21.1. The molecule has 0 aliphatic carbocycles. The SMILES string of the molecule is CCc1ccc2c(COC(=O)Cn3nc(-c4ccccc4)oc3=O)cc(=O)oc2c1. The summed E-state index contributed by atoms with van der Waals surface area (Å²) >= 11 is 0. The Kier molecular flexibility index (Phi) is 5.30. The third kappa shape index (κ3) is 4.07. The van der Waals surface area contributed by atoms with Crippen molar-refractivity contribution in [2.45, 2.75) is 26.5 Å². The second-order valence-corrected chi connectivity index (χ2v) is 6.63. The van der Waals surface area contributed by atoms with Crippen molar-refractivity contribution in [3.63, 3.8) is 0 Å². The van der Waals surface area contributed by atoms with Gasteiger partial charge in [-0.2, -0.15) is 4.68 Å². The predicted octanol–water partition coefficient (Wildman–Crippen LogP) is 2.92. The van der Waals surface area contributed by atoms with E-state index in [9.17, 15) is 14.4 Å². The van der Waals surface area contributed by atoms with Crippen LogP contribution in [0.2, 0.25) is 0 Å². The molecular weight excluding hydrogens is 388 g/mol. The van der Waals surface area contributed by atoms with Gasteiger partial charge in [-0.3, -0.25) is 4.79 Å². The summed E-state index contributed by atoms with van der Waals surface area (Å²) in [6.45, 7) is 1.46. The summed E-state index contributed by atoms with van der Waals surface area (Å²) in [7, 11) is 0. The molecule has 0 saturated carbocycles. The van der Waals surface area contributed by atoms with Crippen molar-refractivity contribution >= 4 is 16.9 Å². The Morgan fingerprint density at radius 3 is 2.63 bits per heavy atom. The molecule has 0 N–H and O–H groups in total. The lowest BCUT2D eigenvalue weighted by Crippen LogP contribution is -2.23. The Hall–Kier alpha value is -3.94. The van der Waals surface area contributed by atoms with Gasteiger partial charge in [0, 0.05) is 22.6 Å². The number of hydrogen-bond acceptors (Lipinski definition) is 7. The highest BCUT2D eigenvalue weighted by Gasteiger charge is 2.15. The van der Waals surface area contributed by atoms with E-state index in [1.54, 1.807) is 30.3 Å². The zero-order valence-corrected chi connectivity index (χ0v) is 16.2. The molecule has 0 atom stereocenters. The monoisotopic (exact) mass is 406 g/mol. The average Bonchev–Trinajstić information content (AvgIpc) is 3.12. The van der Waals surface area contributed by atoms with Crippen LogP contribution in [-0.4, -0.2) is 15.7 Å². The van der Waals surface area contributed by atoms with Crippen LogP contribution >= 0.6 is 0 Å². The molecule has 0 amide bonds. The summed E-state index contributed by atoms with van der Waals surface area (Å²) in [5, 5.41) is 4.71. The Morgan fingerprint density at radius 1 is 1.07 bits per heavy atom. The number of carbonyl (C=O) groups is 1. The van der Waals surface area contributed by atoms with Gasteiger partial charge in [0.1, 0.15) is 18.7 Å². The number of esters is 1. The summed E-state index contributed by atoms with van der Waals surface area (Å²) in [6, 6.07) is 15.7. The molecule has 0 spiro atoms. The van der Waals surface area contributed by atoms with Gasteiger partial charge < -0.3 is 13.6 Å². The van der Waals surface area contributed by atoms with Gasteiger partial charge in [0.05, 0.1) is 0 Å². The fourth-order valence-corrected chi connectivity index (χ4v) is 3.04. The first-order valence-corrected chi connectivity index (χ1v) is 9.38. The smallest absolute Gasteiger partial charge is 0.437 e. The number of ether oxygens (including phenoxy) is 1. The lowest BCUT2D eigenvalue weighted by molar-refractivity contribution is -0.146. The fourth-order valence-electron chi connectivity index (χ4n) is 3.04. The molecule has 2 aromatic heterocycles. The van der Waals surface area contributed by atoms with Crippen molar-refractivity contribution in [3.8, 4) is 11.5 Å². The van der Waals surface area contributed by atoms with Gasteiger partial charge in [0.2, 0.25) is 5.89 Å². The summed E-state index contributed by atoms with van der Waals surface area (Å²) in [6.07, 6.45) is 0.802. The van der Waals surface area contributed by atoms with Crippen LogP contribution in [0.25, 0.3) is 22.4 Å². The number of fused-ring (bicyclic) bond motifs is 1. The Labute approximate surface area is 170 Å². The van der Waals surface area contributed by atoms with Crippen molar-refractivity contribution in [1.29, 1.82) is 0 Å². The normalized spacial score (nSPS) is 11.0. The molecule has 30 heavy (non-hydrogen) atoms. The van der Waals surface area contributed by atoms with Crippen LogP contribution in [0.4, 0.5) is 0 Å². The van der Waals surface area contributed by atoms with Crippen molar-refractivity contribution in [3.05, 3.63) is 86.7 Å². The summed E-state index contributed by atoms with van der Waals surface area (Å²) in [5.41, 5.74) is 2.08. The van der Waals surface area contributed by atoms with Crippen molar-refractivity contribution < 1.29 is 18.4 Å². The van der Waals surface area contributed by atoms with E-state index in [-0.39, 0.29) is 12.5 Å². The first-order valence-electron chi connectivity index (χ1n) is 9.38. The van der Waals surface area contributed by atoms with Gasteiger partial charge in [-0.15, -0.1) is 5.10 Å². The molecule has 0 bridgehead atoms. The van der Waals surface area contributed by atoms with Crippen LogP contribution in [-0.2, 0) is 29.1 Å². The molecular formula is C22H18N2O6. The highest BCUT2D eigenvalue weighted by molar-refractivity contribution is 5.81. The minimum atomic E-state index is -0.760. The van der Waals surface area contributed by atoms with Gasteiger partial charge >= 0.3 is 17.4 Å². The van der Waals surface area contributed by atoms with E-state index in [1.807, 2.05) is 25.1 Å². The quantitative estimate of drug-likeness (QED) is 0.358. The molecule has 0 saturated heterocycles. The lowest BCUT2D eigenvalue weighted by Gasteiger charge is -2.08. The van der Waals surface area contributed by atoms with Crippen LogP contribution in [0, 0.1) is 0 Å². The van der Waals surface area contributed by atoms with Gasteiger partial charge in [-0.1, -0.05) is 37.3 Å². The van der Waals surface area contributed by atoms with E-state index in [1.165, 1.54) is 6.07 Å². The highest BCUT2D eigenvalue weighted by atomic mass is 16.5. The Morgan fingerprint density at radius 2 is 1.87 bits per heavy atom. The molecule has 0 radical (unpaired) electrons. The number of aryl methyl sites for hydroxylation is 1. The van der Waals surface area contributed by atoms with Crippen LogP contribution in [0.1, 0.15) is 18.1 Å². The minimum absolute atomic E-state index is 0.117. The molecule has 4 rings (SSSR count). The summed E-state index contributed by atoms with van der Waals surface area (Å²) in [4.78, 5) is 36.1. The molecule has 2 aromatic carbocycles. The van der Waals surface area contributed by atoms with E-state index in [4.69, 9.17) is 13.6 Å². The van der Waals surface area contributed by atoms with E-state index in [0.29, 0.717) is 22.1 Å². The van der Waals surface area contributed by atoms with Crippen LogP contribution < -0.4 is 11.4 Å². The zero-order valence-electron chi connectivity index (χ0n) is 16.2. The van der Waals surface area contributed by atoms with Crippen LogP contribution in [0.15, 0.2) is 73.0 Å². The fraction of sp³-hybridized carbons (Fsp3) is 0.182. The summed E-state index contributed by atoms with van der Waals surface area (Å²) in [5.74, 6) is -1.33. The van der Waals surface area contributed by atoms with Crippen LogP contribution in [0.5, 0.6) is 0 Å². The number of aromatic nitrogens is 2. The second-order valence-electron chi connectivity index (χ2n) is 6.63. The standard InChI is InChI=1S/C22H18N2O6/c1-2-14-8-9-17-16(11-19(25)29-18(17)10-14)13-28-20(26)12-24-22(27)30-21(23-24)15-6-4-3-5-7-15/h3-11H,2,12-13H2,1H3. The van der Waals surface area contributed by atoms with Gasteiger partial charge in [-0.05, 0) is 30.2 Å². The van der Waals surface area contributed by atoms with Gasteiger partial charge in [0.25, 0.3) is 0 Å². The average molecular weight is 406 g/mol. The summed E-state index contributed by atoms with van der Waals surface area (Å²) < 4.78 is 16.5. The predicted molar refractivity (Wildman–Crippen MR) is 108 cm³/mol. The third-order valence-corrected chi connectivity index (χ3v) is 4.60. The number of hydrogen-bond donors (Lipinski definition) is 0. The molecule has 8 nitrogen and oxygen atoms in total. The highest BCUT2D eigenvalue weighted by Crippen LogP contribution is 2.20. The molecule has 152 valence electrons. The molecule has 0 fully saturated rings. The molecule has 0 aliphatic heterocycles. The van der Waals surface area contributed by atoms with Crippen molar-refractivity contribution in [2.24, 2.45) is 0 Å². The maximum Gasteiger partial charge on any atom is 0.437 e. The number of benzene rings is 2. The third-order valence-electron chi connectivity index (χ3n) is 4.60. The van der Waals surface area contributed by atoms with Crippen LogP contribution in [0.3, 0.4) is 0 Å². The molecule has 8 heteroatoms. The Balaban J connectivity index is 1.49. The van der Waals surface area contributed by atoms with E-state index in [2.05, 4.69) is 5.10 Å². The maximum absolute atomic E-state index is 12.2. The van der Waals surface area contributed by atoms with E-state index < -0.39 is 23.9 Å². The number of carbonyl (C=O) groups excluding carboxylic acids is 1. The topological polar surface area (TPSA) is 105 Å². The number of rotatable bonds is 6. The lowest BCUT2D eigenvalue weighted by atomic mass is 10.1. The van der Waals surface area contributed by atoms with E-state index >= 15 is 0 Å². The van der Waals surface area contributed by atoms with Gasteiger partial charge in [-0.25, -0.2) is 9.59 Å². The minimum Gasteiger partial charge on any atom is -0.459 e. The van der Waals surface area contributed by atoms with Gasteiger partial charge in [0.15, 0.2) is 0 Å². The van der Waals surface area contributed by atoms with E-state index in [0.717, 1.165) is 16.7 Å². The first-order chi connectivity index (χ1) is 14.5. The second kappa shape index (κ2) is 8.20. The Bertz CT molecular complexity index is 1320. The molecule has 0 aliphatic rings. The molecule has 0 unspecified atom stereocenters. The maximum atomic E-state index is 12.2. The molecule has 4 aromatic rings. The number of nitrogens with zero attached hydrogens (tertiary/aromatic N) is 2. The van der Waals surface area contributed by atoms with Crippen molar-refractivity contribution in [2.75, 3.05) is 0 Å². The van der Waals surface area contributed by atoms with Crippen molar-refractivity contribution in [1.82, 2.24) is 9.78 Å².